The van der Waals surface area contributed by atoms with Gasteiger partial charge in [-0.05, 0) is 54.3 Å². The number of hydrogen-bond acceptors (Lipinski definition) is 4. The number of nitrogens with zero attached hydrogens (tertiary/aromatic N) is 3. The third-order valence-electron chi connectivity index (χ3n) is 3.42. The van der Waals surface area contributed by atoms with Crippen LogP contribution in [-0.4, -0.2) is 12.6 Å². The number of carbonyl (C=O) groups excluding carboxylic acids is 1. The summed E-state index contributed by atoms with van der Waals surface area (Å²) in [5.74, 6) is 0.0732. The second kappa shape index (κ2) is 9.15. The highest BCUT2D eigenvalue weighted by atomic mass is 16.5. The lowest BCUT2D eigenvalue weighted by atomic mass is 10.1. The van der Waals surface area contributed by atoms with Crippen LogP contribution in [0.15, 0.2) is 59.3 Å². The van der Waals surface area contributed by atoms with Crippen LogP contribution in [0.25, 0.3) is 16.5 Å². The van der Waals surface area contributed by atoms with Crippen LogP contribution in [0.4, 0.5) is 0 Å². The van der Waals surface area contributed by atoms with Gasteiger partial charge in [-0.25, -0.2) is 4.79 Å². The third-order valence-corrected chi connectivity index (χ3v) is 3.42. The maximum atomic E-state index is 11.8. The summed E-state index contributed by atoms with van der Waals surface area (Å²) >= 11 is 0. The van der Waals surface area contributed by atoms with Gasteiger partial charge < -0.3 is 9.47 Å². The van der Waals surface area contributed by atoms with Gasteiger partial charge in [0.25, 0.3) is 0 Å². The van der Waals surface area contributed by atoms with Gasteiger partial charge in [0.2, 0.25) is 0 Å². The summed E-state index contributed by atoms with van der Waals surface area (Å²) in [5.41, 5.74) is 11.3. The largest absolute Gasteiger partial charge is 0.489 e. The minimum Gasteiger partial charge on any atom is -0.489 e. The van der Waals surface area contributed by atoms with Gasteiger partial charge in [0, 0.05) is 4.91 Å². The summed E-state index contributed by atoms with van der Waals surface area (Å²) in [6.45, 7) is 4.26. The Hall–Kier alpha value is -3.24. The Labute approximate surface area is 146 Å². The first-order valence-electron chi connectivity index (χ1n) is 7.85. The molecule has 2 aromatic rings. The Morgan fingerprint density at radius 2 is 2.00 bits per heavy atom. The molecule has 0 spiro atoms. The SMILES string of the molecule is CCOC(=O)C(=Cc1ccc(OCc2ccccc2)cc1C)N=[N+]=[N-]. The molecule has 128 valence electrons. The molecule has 0 heterocycles. The molecule has 6 heteroatoms. The third kappa shape index (κ3) is 5.41. The van der Waals surface area contributed by atoms with Crippen molar-refractivity contribution >= 4 is 12.0 Å². The van der Waals surface area contributed by atoms with E-state index in [1.165, 1.54) is 6.08 Å². The second-order valence-electron chi connectivity index (χ2n) is 5.23. The second-order valence-corrected chi connectivity index (χ2v) is 5.23. The molecule has 0 saturated heterocycles. The lowest BCUT2D eigenvalue weighted by Crippen LogP contribution is -2.05. The summed E-state index contributed by atoms with van der Waals surface area (Å²) in [5, 5.41) is 3.41. The van der Waals surface area contributed by atoms with Crippen LogP contribution in [0.2, 0.25) is 0 Å². The van der Waals surface area contributed by atoms with Crippen LogP contribution in [0, 0.1) is 6.92 Å². The number of rotatable bonds is 7. The lowest BCUT2D eigenvalue weighted by Gasteiger charge is -2.09. The van der Waals surface area contributed by atoms with Gasteiger partial charge in [-0.3, -0.25) is 0 Å². The first kappa shape index (κ1) is 18.1. The summed E-state index contributed by atoms with van der Waals surface area (Å²) < 4.78 is 10.7. The molecule has 6 nitrogen and oxygen atoms in total. The van der Waals surface area contributed by atoms with Crippen molar-refractivity contribution in [3.05, 3.63) is 81.4 Å². The zero-order valence-electron chi connectivity index (χ0n) is 14.2. The van der Waals surface area contributed by atoms with E-state index >= 15 is 0 Å². The number of benzene rings is 2. The molecular formula is C19H19N3O3. The summed E-state index contributed by atoms with van der Waals surface area (Å²) in [6, 6.07) is 15.4. The Morgan fingerprint density at radius 1 is 1.24 bits per heavy atom. The molecule has 2 aromatic carbocycles. The number of carbonyl (C=O) groups is 1. The van der Waals surface area contributed by atoms with E-state index in [9.17, 15) is 4.79 Å². The van der Waals surface area contributed by atoms with Crippen molar-refractivity contribution < 1.29 is 14.3 Å². The normalized spacial score (nSPS) is 10.7. The van der Waals surface area contributed by atoms with Crippen molar-refractivity contribution in [2.24, 2.45) is 5.11 Å². The predicted octanol–water partition coefficient (Wildman–Crippen LogP) is 4.79. The minimum absolute atomic E-state index is 0.0783. The van der Waals surface area contributed by atoms with Gasteiger partial charge in [0.15, 0.2) is 0 Å². The predicted molar refractivity (Wildman–Crippen MR) is 95.7 cm³/mol. The molecular weight excluding hydrogens is 318 g/mol. The van der Waals surface area contributed by atoms with Crippen molar-refractivity contribution in [2.75, 3.05) is 6.61 Å². The highest BCUT2D eigenvalue weighted by Crippen LogP contribution is 2.21. The Morgan fingerprint density at radius 3 is 2.64 bits per heavy atom. The van der Waals surface area contributed by atoms with E-state index in [2.05, 4.69) is 10.0 Å². The Bertz CT molecular complexity index is 810. The van der Waals surface area contributed by atoms with Gasteiger partial charge in [-0.1, -0.05) is 41.5 Å². The molecule has 0 aliphatic heterocycles. The summed E-state index contributed by atoms with van der Waals surface area (Å²) in [4.78, 5) is 14.5. The average molecular weight is 337 g/mol. The fraction of sp³-hybridized carbons (Fsp3) is 0.211. The Kier molecular flexibility index (Phi) is 6.63. The fourth-order valence-electron chi connectivity index (χ4n) is 2.17. The summed E-state index contributed by atoms with van der Waals surface area (Å²) in [7, 11) is 0. The standard InChI is InChI=1S/C19H19N3O3/c1-3-24-19(23)18(21-22-20)12-16-9-10-17(11-14(16)2)25-13-15-7-5-4-6-8-15/h4-12H,3,13H2,1-2H3. The molecule has 0 amide bonds. The summed E-state index contributed by atoms with van der Waals surface area (Å²) in [6.07, 6.45) is 1.51. The maximum absolute atomic E-state index is 11.8. The van der Waals surface area contributed by atoms with E-state index in [1.807, 2.05) is 49.4 Å². The van der Waals surface area contributed by atoms with Gasteiger partial charge in [-0.2, -0.15) is 0 Å². The number of azide groups is 1. The molecule has 0 N–H and O–H groups in total. The van der Waals surface area contributed by atoms with Crippen LogP contribution in [0.3, 0.4) is 0 Å². The van der Waals surface area contributed by atoms with E-state index in [0.717, 1.165) is 22.4 Å². The van der Waals surface area contributed by atoms with Gasteiger partial charge in [0.05, 0.1) is 6.61 Å². The highest BCUT2D eigenvalue weighted by molar-refractivity contribution is 5.93. The van der Waals surface area contributed by atoms with E-state index in [-0.39, 0.29) is 12.3 Å². The van der Waals surface area contributed by atoms with Crippen LogP contribution >= 0.6 is 0 Å². The van der Waals surface area contributed by atoms with E-state index in [4.69, 9.17) is 15.0 Å². The molecule has 0 aliphatic rings. The monoisotopic (exact) mass is 337 g/mol. The number of aryl methyl sites for hydroxylation is 1. The van der Waals surface area contributed by atoms with Gasteiger partial charge in [0.1, 0.15) is 18.1 Å². The highest BCUT2D eigenvalue weighted by Gasteiger charge is 2.10. The van der Waals surface area contributed by atoms with Crippen LogP contribution in [0.1, 0.15) is 23.6 Å². The first-order chi connectivity index (χ1) is 12.1. The quantitative estimate of drug-likeness (QED) is 0.239. The first-order valence-corrected chi connectivity index (χ1v) is 7.85. The van der Waals surface area contributed by atoms with Gasteiger partial charge in [-0.15, -0.1) is 0 Å². The van der Waals surface area contributed by atoms with Crippen LogP contribution in [-0.2, 0) is 16.1 Å². The fourth-order valence-corrected chi connectivity index (χ4v) is 2.17. The molecule has 0 unspecified atom stereocenters. The molecule has 0 saturated carbocycles. The molecule has 25 heavy (non-hydrogen) atoms. The lowest BCUT2D eigenvalue weighted by molar-refractivity contribution is -0.138. The van der Waals surface area contributed by atoms with E-state index in [1.54, 1.807) is 13.0 Å². The number of esters is 1. The number of ether oxygens (including phenoxy) is 2. The Balaban J connectivity index is 2.16. The smallest absolute Gasteiger partial charge is 0.340 e. The van der Waals surface area contributed by atoms with Crippen molar-refractivity contribution in [3.8, 4) is 5.75 Å². The molecule has 0 radical (unpaired) electrons. The van der Waals surface area contributed by atoms with Crippen molar-refractivity contribution in [1.82, 2.24) is 0 Å². The van der Waals surface area contributed by atoms with E-state index in [0.29, 0.717) is 6.61 Å². The van der Waals surface area contributed by atoms with Gasteiger partial charge >= 0.3 is 5.97 Å². The molecule has 0 aliphatic carbocycles. The maximum Gasteiger partial charge on any atom is 0.340 e. The van der Waals surface area contributed by atoms with Crippen molar-refractivity contribution in [2.45, 2.75) is 20.5 Å². The van der Waals surface area contributed by atoms with Crippen molar-refractivity contribution in [3.63, 3.8) is 0 Å². The zero-order chi connectivity index (χ0) is 18.1. The molecule has 0 bridgehead atoms. The molecule has 0 aromatic heterocycles. The van der Waals surface area contributed by atoms with Crippen molar-refractivity contribution in [1.29, 1.82) is 0 Å². The minimum atomic E-state index is -0.649. The van der Waals surface area contributed by atoms with Crippen LogP contribution in [0.5, 0.6) is 5.75 Å². The van der Waals surface area contributed by atoms with Crippen LogP contribution < -0.4 is 4.74 Å². The molecule has 0 atom stereocenters. The topological polar surface area (TPSA) is 84.3 Å². The molecule has 0 fully saturated rings. The number of hydrogen-bond donors (Lipinski definition) is 0. The zero-order valence-corrected chi connectivity index (χ0v) is 14.2. The average Bonchev–Trinajstić information content (AvgIpc) is 2.62. The van der Waals surface area contributed by atoms with E-state index < -0.39 is 5.97 Å². The molecule has 2 rings (SSSR count).